The Balaban J connectivity index is 0. The van der Waals surface area contributed by atoms with Crippen molar-refractivity contribution >= 4 is 0 Å². The standard InChI is InChI=1S/4Fe.8H2O.2Zn/h;;;;8*1H2;;. The predicted molar refractivity (Wildman–Crippen MR) is 28.9 cm³/mol. The van der Waals surface area contributed by atoms with Crippen LogP contribution in [-0.2, 0) is 107 Å². The normalized spacial score (nSPS) is 0. The summed E-state index contributed by atoms with van der Waals surface area (Å²) in [6, 6.07) is 0. The second-order valence-electron chi connectivity index (χ2n) is 0. The van der Waals surface area contributed by atoms with Crippen LogP contribution in [0.3, 0.4) is 0 Å². The molecular formula is H16Fe4O8Zn2. The number of hydrogen-bond donors (Lipinski definition) is 0. The van der Waals surface area contributed by atoms with Crippen molar-refractivity contribution < 1.29 is 151 Å². The Bertz CT molecular complexity index is 19.3. The zero-order chi connectivity index (χ0) is 0. The SMILES string of the molecule is O.O.O.O.O.O.O.O.[Fe].[Fe].[Fe].[Fe].[Zn].[Zn]. The molecule has 0 bridgehead atoms. The molecular weight excluding hydrogens is 482 g/mol. The molecule has 0 saturated carbocycles. The first kappa shape index (κ1) is 482. The molecule has 0 aliphatic carbocycles. The summed E-state index contributed by atoms with van der Waals surface area (Å²) >= 11 is 0. The third-order valence-electron chi connectivity index (χ3n) is 0. The summed E-state index contributed by atoms with van der Waals surface area (Å²) in [6.07, 6.45) is 0. The van der Waals surface area contributed by atoms with Gasteiger partial charge in [-0.25, -0.2) is 0 Å². The Morgan fingerprint density at radius 2 is 0.214 bits per heavy atom. The van der Waals surface area contributed by atoms with Crippen LogP contribution >= 0.6 is 0 Å². The van der Waals surface area contributed by atoms with E-state index in [4.69, 9.17) is 0 Å². The van der Waals surface area contributed by atoms with Gasteiger partial charge < -0.3 is 43.8 Å². The Labute approximate surface area is 149 Å². The molecule has 16 N–H and O–H groups in total. The van der Waals surface area contributed by atoms with Gasteiger partial charge in [-0.3, -0.25) is 0 Å². The monoisotopic (exact) mass is 496 g/mol. The second-order valence-corrected chi connectivity index (χ2v) is 0. The fourth-order valence-corrected chi connectivity index (χ4v) is 0. The molecule has 0 saturated heterocycles. The zero-order valence-electron chi connectivity index (χ0n) is 6.83. The van der Waals surface area contributed by atoms with Crippen molar-refractivity contribution in [1.29, 1.82) is 0 Å². The van der Waals surface area contributed by atoms with Gasteiger partial charge in [0.05, 0.1) is 0 Å². The van der Waals surface area contributed by atoms with Crippen molar-refractivity contribution in [3.63, 3.8) is 0 Å². The van der Waals surface area contributed by atoms with Crippen LogP contribution in [-0.4, -0.2) is 43.8 Å². The Morgan fingerprint density at radius 3 is 0.214 bits per heavy atom. The van der Waals surface area contributed by atoms with E-state index in [0.29, 0.717) is 0 Å². The molecule has 0 heterocycles. The molecule has 0 aromatic heterocycles. The number of rotatable bonds is 0. The molecule has 0 spiro atoms. The average Bonchev–Trinajstić information content (AvgIpc) is 0. The zero-order valence-corrected chi connectivity index (χ0v) is 17.2. The van der Waals surface area contributed by atoms with Gasteiger partial charge in [0.2, 0.25) is 0 Å². The van der Waals surface area contributed by atoms with Gasteiger partial charge in [0.15, 0.2) is 0 Å². The van der Waals surface area contributed by atoms with Crippen LogP contribution in [0.15, 0.2) is 0 Å². The largest absolute Gasteiger partial charge is 0.412 e. The molecule has 8 nitrogen and oxygen atoms in total. The van der Waals surface area contributed by atoms with Crippen molar-refractivity contribution in [2.45, 2.75) is 0 Å². The maximum absolute atomic E-state index is 0. The molecule has 0 aliphatic rings. The molecule has 0 rings (SSSR count). The summed E-state index contributed by atoms with van der Waals surface area (Å²) in [5, 5.41) is 0. The quantitative estimate of drug-likeness (QED) is 0.282. The van der Waals surface area contributed by atoms with E-state index in [1.165, 1.54) is 0 Å². The van der Waals surface area contributed by atoms with E-state index in [9.17, 15) is 0 Å². The van der Waals surface area contributed by atoms with E-state index in [1.807, 2.05) is 0 Å². The molecule has 0 radical (unpaired) electrons. The third kappa shape index (κ3) is 326. The van der Waals surface area contributed by atoms with Crippen LogP contribution in [0.4, 0.5) is 0 Å². The maximum Gasteiger partial charge on any atom is 0 e. The molecule has 0 atom stereocenters. The Hall–Kier alpha value is 3.00. The van der Waals surface area contributed by atoms with Crippen LogP contribution in [0.25, 0.3) is 0 Å². The van der Waals surface area contributed by atoms with Crippen molar-refractivity contribution in [1.82, 2.24) is 0 Å². The fourth-order valence-electron chi connectivity index (χ4n) is 0. The average molecular weight is 498 g/mol. The van der Waals surface area contributed by atoms with Crippen molar-refractivity contribution in [3.05, 3.63) is 0 Å². The summed E-state index contributed by atoms with van der Waals surface area (Å²) in [6.45, 7) is 0. The predicted octanol–water partition coefficient (Wildman–Crippen LogP) is -6.61. The van der Waals surface area contributed by atoms with E-state index in [0.717, 1.165) is 0 Å². The number of hydrogen-bond acceptors (Lipinski definition) is 0. The van der Waals surface area contributed by atoms with E-state index >= 15 is 0 Å². The Morgan fingerprint density at radius 1 is 0.214 bits per heavy atom. The Kier molecular flexibility index (Phi) is 13800. The van der Waals surface area contributed by atoms with Crippen LogP contribution in [0, 0.1) is 0 Å². The van der Waals surface area contributed by atoms with Crippen molar-refractivity contribution in [2.75, 3.05) is 0 Å². The van der Waals surface area contributed by atoms with Crippen LogP contribution in [0.1, 0.15) is 0 Å². The van der Waals surface area contributed by atoms with Crippen molar-refractivity contribution in [2.24, 2.45) is 0 Å². The minimum Gasteiger partial charge on any atom is -0.412 e. The molecule has 0 aliphatic heterocycles. The first-order valence-electron chi connectivity index (χ1n) is 0. The van der Waals surface area contributed by atoms with Gasteiger partial charge in [0.25, 0.3) is 0 Å². The molecule has 14 heteroatoms. The van der Waals surface area contributed by atoms with Gasteiger partial charge in [-0.1, -0.05) is 0 Å². The van der Waals surface area contributed by atoms with Gasteiger partial charge in [-0.2, -0.15) is 0 Å². The van der Waals surface area contributed by atoms with E-state index in [1.54, 1.807) is 0 Å². The van der Waals surface area contributed by atoms with Crippen LogP contribution in [0.5, 0.6) is 0 Å². The van der Waals surface area contributed by atoms with Gasteiger partial charge in [0.1, 0.15) is 0 Å². The molecule has 100 valence electrons. The summed E-state index contributed by atoms with van der Waals surface area (Å²) in [5.41, 5.74) is 0. The van der Waals surface area contributed by atoms with E-state index in [2.05, 4.69) is 0 Å². The first-order valence-corrected chi connectivity index (χ1v) is 0. The van der Waals surface area contributed by atoms with Gasteiger partial charge in [-0.05, 0) is 0 Å². The van der Waals surface area contributed by atoms with Gasteiger partial charge in [-0.15, -0.1) is 0 Å². The van der Waals surface area contributed by atoms with E-state index < -0.39 is 0 Å². The van der Waals surface area contributed by atoms with Crippen molar-refractivity contribution in [3.8, 4) is 0 Å². The minimum absolute atomic E-state index is 0. The molecule has 14 heavy (non-hydrogen) atoms. The van der Waals surface area contributed by atoms with Gasteiger partial charge >= 0.3 is 0 Å². The smallest absolute Gasteiger partial charge is 0 e. The molecule has 0 amide bonds. The summed E-state index contributed by atoms with van der Waals surface area (Å²) in [4.78, 5) is 0. The minimum atomic E-state index is 0. The summed E-state index contributed by atoms with van der Waals surface area (Å²) in [7, 11) is 0. The van der Waals surface area contributed by atoms with E-state index in [-0.39, 0.29) is 151 Å². The van der Waals surface area contributed by atoms with Crippen LogP contribution < -0.4 is 0 Å². The summed E-state index contributed by atoms with van der Waals surface area (Å²) in [5.74, 6) is 0. The van der Waals surface area contributed by atoms with Gasteiger partial charge in [0, 0.05) is 107 Å². The third-order valence-corrected chi connectivity index (χ3v) is 0. The topological polar surface area (TPSA) is 252 Å². The molecule has 0 aromatic carbocycles. The first-order chi connectivity index (χ1) is 0. The fraction of sp³-hybridized carbons (Fsp3) is 0. The second kappa shape index (κ2) is 399. The molecule has 0 unspecified atom stereocenters. The molecule has 0 fully saturated rings. The van der Waals surface area contributed by atoms with Crippen LogP contribution in [0.2, 0.25) is 0 Å². The maximum atomic E-state index is 0. The summed E-state index contributed by atoms with van der Waals surface area (Å²) < 4.78 is 0. The molecule has 0 aromatic rings.